The first-order valence-corrected chi connectivity index (χ1v) is 9.94. The highest BCUT2D eigenvalue weighted by Gasteiger charge is 2.17. The third-order valence-corrected chi connectivity index (χ3v) is 6.71. The lowest BCUT2D eigenvalue weighted by atomic mass is 10.2. The highest BCUT2D eigenvalue weighted by Crippen LogP contribution is 2.35. The predicted molar refractivity (Wildman–Crippen MR) is 107 cm³/mol. The topological polar surface area (TPSA) is 42.0 Å². The average Bonchev–Trinajstić information content (AvgIpc) is 3.15. The maximum absolute atomic E-state index is 12.5. The number of carbonyl (C=O) groups excluding carboxylic acids is 1. The van der Waals surface area contributed by atoms with Gasteiger partial charge in [0.05, 0.1) is 20.2 Å². The van der Waals surface area contributed by atoms with Crippen molar-refractivity contribution in [3.63, 3.8) is 0 Å². The van der Waals surface area contributed by atoms with Crippen molar-refractivity contribution in [1.29, 1.82) is 0 Å². The van der Waals surface area contributed by atoms with Gasteiger partial charge in [-0.05, 0) is 30.7 Å². The molecular weight excluding hydrogens is 372 g/mol. The zero-order valence-corrected chi connectivity index (χ0v) is 15.9. The molecule has 25 heavy (non-hydrogen) atoms. The van der Waals surface area contributed by atoms with Gasteiger partial charge in [0, 0.05) is 23.1 Å². The van der Waals surface area contributed by atoms with Crippen LogP contribution in [-0.4, -0.2) is 17.4 Å². The van der Waals surface area contributed by atoms with Gasteiger partial charge in [0.15, 0.2) is 0 Å². The van der Waals surface area contributed by atoms with Crippen LogP contribution in [0.15, 0.2) is 42.5 Å². The molecule has 0 aliphatic rings. The van der Waals surface area contributed by atoms with Crippen molar-refractivity contribution in [1.82, 2.24) is 10.3 Å². The van der Waals surface area contributed by atoms with Crippen LogP contribution in [0.5, 0.6) is 0 Å². The lowest BCUT2D eigenvalue weighted by Gasteiger charge is -2.02. The number of nitrogens with one attached hydrogen (secondary N) is 1. The van der Waals surface area contributed by atoms with Gasteiger partial charge in [0.2, 0.25) is 0 Å². The van der Waals surface area contributed by atoms with Crippen LogP contribution < -0.4 is 5.32 Å². The minimum absolute atomic E-state index is 0.120. The monoisotopic (exact) mass is 386 g/mol. The van der Waals surface area contributed by atoms with Crippen LogP contribution in [0.2, 0.25) is 5.02 Å². The van der Waals surface area contributed by atoms with Crippen molar-refractivity contribution < 1.29 is 4.79 Å². The van der Waals surface area contributed by atoms with Crippen molar-refractivity contribution in [3.05, 3.63) is 62.9 Å². The van der Waals surface area contributed by atoms with E-state index in [4.69, 9.17) is 11.6 Å². The fraction of sp³-hybridized carbons (Fsp3) is 0.158. The number of hydrogen-bond donors (Lipinski definition) is 1. The number of aromatic nitrogens is 1. The van der Waals surface area contributed by atoms with Gasteiger partial charge in [-0.1, -0.05) is 35.9 Å². The molecule has 0 unspecified atom stereocenters. The van der Waals surface area contributed by atoms with Crippen molar-refractivity contribution in [2.75, 3.05) is 6.54 Å². The van der Waals surface area contributed by atoms with E-state index in [9.17, 15) is 4.79 Å². The lowest BCUT2D eigenvalue weighted by Crippen LogP contribution is -2.25. The first kappa shape index (κ1) is 16.5. The molecule has 0 spiro atoms. The Morgan fingerprint density at radius 3 is 2.84 bits per heavy atom. The molecule has 1 amide bonds. The second kappa shape index (κ2) is 6.75. The molecule has 6 heteroatoms. The molecule has 0 fully saturated rings. The van der Waals surface area contributed by atoms with E-state index in [1.165, 1.54) is 16.0 Å². The summed E-state index contributed by atoms with van der Waals surface area (Å²) in [7, 11) is 0. The minimum Gasteiger partial charge on any atom is -0.351 e. The minimum atomic E-state index is -0.120. The molecule has 0 saturated carbocycles. The molecule has 0 atom stereocenters. The summed E-state index contributed by atoms with van der Waals surface area (Å²) in [5, 5.41) is 5.47. The molecule has 2 aromatic carbocycles. The molecule has 0 aliphatic carbocycles. The van der Waals surface area contributed by atoms with Crippen LogP contribution in [-0.2, 0) is 6.42 Å². The fourth-order valence-corrected chi connectivity index (χ4v) is 5.21. The number of amides is 1. The third kappa shape index (κ3) is 3.27. The summed E-state index contributed by atoms with van der Waals surface area (Å²) in [4.78, 5) is 17.6. The summed E-state index contributed by atoms with van der Waals surface area (Å²) in [6, 6.07) is 14.1. The second-order valence-electron chi connectivity index (χ2n) is 5.83. The molecule has 0 bridgehead atoms. The third-order valence-electron chi connectivity index (χ3n) is 3.95. The van der Waals surface area contributed by atoms with Gasteiger partial charge >= 0.3 is 0 Å². The Hall–Kier alpha value is -1.95. The zero-order chi connectivity index (χ0) is 17.4. The predicted octanol–water partition coefficient (Wildman–Crippen LogP) is 5.45. The van der Waals surface area contributed by atoms with Crippen molar-refractivity contribution in [2.24, 2.45) is 0 Å². The second-order valence-corrected chi connectivity index (χ2v) is 8.37. The van der Waals surface area contributed by atoms with Crippen molar-refractivity contribution in [2.45, 2.75) is 13.3 Å². The van der Waals surface area contributed by atoms with Gasteiger partial charge in [0.25, 0.3) is 5.91 Å². The number of nitrogens with zero attached hydrogens (tertiary/aromatic N) is 1. The average molecular weight is 387 g/mol. The number of thiazole rings is 1. The molecular formula is C19H15ClN2OS2. The smallest absolute Gasteiger partial charge is 0.262 e. The van der Waals surface area contributed by atoms with Gasteiger partial charge in [-0.15, -0.1) is 22.7 Å². The van der Waals surface area contributed by atoms with Crippen LogP contribution in [0, 0.1) is 6.92 Å². The maximum Gasteiger partial charge on any atom is 0.262 e. The summed E-state index contributed by atoms with van der Waals surface area (Å²) in [5.74, 6) is -0.120. The fourth-order valence-electron chi connectivity index (χ4n) is 2.71. The number of carbonyl (C=O) groups is 1. The quantitative estimate of drug-likeness (QED) is 0.507. The number of thiophene rings is 1. The normalized spacial score (nSPS) is 11.3. The molecule has 0 aliphatic heterocycles. The molecule has 2 heterocycles. The molecule has 0 radical (unpaired) electrons. The highest BCUT2D eigenvalue weighted by molar-refractivity contribution is 7.21. The molecule has 4 aromatic rings. The first-order chi connectivity index (χ1) is 12.1. The maximum atomic E-state index is 12.5. The van der Waals surface area contributed by atoms with E-state index < -0.39 is 0 Å². The summed E-state index contributed by atoms with van der Waals surface area (Å²) in [6.45, 7) is 2.58. The Labute approximate surface area is 158 Å². The molecule has 3 nitrogen and oxygen atoms in total. The summed E-state index contributed by atoms with van der Waals surface area (Å²) < 4.78 is 2.22. The molecule has 126 valence electrons. The summed E-state index contributed by atoms with van der Waals surface area (Å²) in [6.07, 6.45) is 0.715. The molecule has 4 rings (SSSR count). The standard InChI is InChI=1S/C19H15ClN2OS2/c1-11-6-7-12-15(10-11)25-18(17(12)20)19(23)21-9-8-16-22-13-4-2-3-5-14(13)24-16/h2-7,10H,8-9H2,1H3,(H,21,23). The first-order valence-electron chi connectivity index (χ1n) is 7.93. The Bertz CT molecular complexity index is 1050. The number of hydrogen-bond acceptors (Lipinski definition) is 4. The van der Waals surface area contributed by atoms with Crippen LogP contribution in [0.1, 0.15) is 20.2 Å². The van der Waals surface area contributed by atoms with Crippen LogP contribution >= 0.6 is 34.3 Å². The van der Waals surface area contributed by atoms with Crippen molar-refractivity contribution in [3.8, 4) is 0 Å². The van der Waals surface area contributed by atoms with E-state index in [-0.39, 0.29) is 5.91 Å². The van der Waals surface area contributed by atoms with E-state index in [0.717, 1.165) is 26.2 Å². The number of para-hydroxylation sites is 1. The van der Waals surface area contributed by atoms with E-state index in [0.29, 0.717) is 22.9 Å². The zero-order valence-electron chi connectivity index (χ0n) is 13.5. The number of aryl methyl sites for hydroxylation is 1. The largest absolute Gasteiger partial charge is 0.351 e. The number of halogens is 1. The van der Waals surface area contributed by atoms with Crippen LogP contribution in [0.25, 0.3) is 20.3 Å². The Kier molecular flexibility index (Phi) is 4.46. The van der Waals surface area contributed by atoms with E-state index in [1.54, 1.807) is 11.3 Å². The number of rotatable bonds is 4. The molecule has 1 N–H and O–H groups in total. The number of fused-ring (bicyclic) bond motifs is 2. The Morgan fingerprint density at radius 2 is 2.00 bits per heavy atom. The van der Waals surface area contributed by atoms with E-state index in [1.807, 2.05) is 37.3 Å². The van der Waals surface area contributed by atoms with Crippen LogP contribution in [0.4, 0.5) is 0 Å². The van der Waals surface area contributed by atoms with Gasteiger partial charge in [-0.2, -0.15) is 0 Å². The number of benzene rings is 2. The SMILES string of the molecule is Cc1ccc2c(Cl)c(C(=O)NCCc3nc4ccccc4s3)sc2c1. The van der Waals surface area contributed by atoms with E-state index in [2.05, 4.69) is 22.4 Å². The van der Waals surface area contributed by atoms with Crippen LogP contribution in [0.3, 0.4) is 0 Å². The summed E-state index contributed by atoms with van der Waals surface area (Å²) in [5.41, 5.74) is 2.17. The Balaban J connectivity index is 1.46. The van der Waals surface area contributed by atoms with E-state index >= 15 is 0 Å². The van der Waals surface area contributed by atoms with Gasteiger partial charge in [0.1, 0.15) is 4.88 Å². The van der Waals surface area contributed by atoms with Gasteiger partial charge in [-0.3, -0.25) is 4.79 Å². The van der Waals surface area contributed by atoms with Gasteiger partial charge < -0.3 is 5.32 Å². The Morgan fingerprint density at radius 1 is 1.16 bits per heavy atom. The van der Waals surface area contributed by atoms with Gasteiger partial charge in [-0.25, -0.2) is 4.98 Å². The van der Waals surface area contributed by atoms with Crippen molar-refractivity contribution >= 4 is 60.5 Å². The highest BCUT2D eigenvalue weighted by atomic mass is 35.5. The lowest BCUT2D eigenvalue weighted by molar-refractivity contribution is 0.0958. The molecule has 0 saturated heterocycles. The summed E-state index contributed by atoms with van der Waals surface area (Å²) >= 11 is 9.50. The molecule has 2 aromatic heterocycles.